The number of hydrogen-bond donors (Lipinski definition) is 3. The number of aromatic nitrogens is 3. The first-order chi connectivity index (χ1) is 14.5. The van der Waals surface area contributed by atoms with E-state index < -0.39 is 10.0 Å². The summed E-state index contributed by atoms with van der Waals surface area (Å²) >= 11 is 0. The van der Waals surface area contributed by atoms with E-state index in [1.807, 2.05) is 43.3 Å². The molecule has 154 valence electrons. The van der Waals surface area contributed by atoms with Crippen LogP contribution in [0, 0.1) is 6.92 Å². The Balaban J connectivity index is 1.68. The normalized spacial score (nSPS) is 11.7. The van der Waals surface area contributed by atoms with Crippen LogP contribution in [0.15, 0.2) is 71.8 Å². The van der Waals surface area contributed by atoms with E-state index >= 15 is 0 Å². The van der Waals surface area contributed by atoms with Gasteiger partial charge in [0.2, 0.25) is 10.0 Å². The summed E-state index contributed by atoms with van der Waals surface area (Å²) in [5.74, 6) is 0.726. The van der Waals surface area contributed by atoms with Crippen LogP contribution < -0.4 is 15.8 Å². The lowest BCUT2D eigenvalue weighted by atomic mass is 10.1. The Labute approximate surface area is 174 Å². The summed E-state index contributed by atoms with van der Waals surface area (Å²) in [5, 5.41) is 7.73. The molecule has 0 spiro atoms. The number of fused-ring (bicyclic) bond motifs is 1. The molecule has 2 heterocycles. The highest BCUT2D eigenvalue weighted by atomic mass is 32.2. The minimum Gasteiger partial charge on any atom is -0.340 e. The Morgan fingerprint density at radius 3 is 2.50 bits per heavy atom. The fourth-order valence-corrected chi connectivity index (χ4v) is 4.11. The third kappa shape index (κ3) is 4.04. The number of rotatable bonds is 7. The van der Waals surface area contributed by atoms with Crippen LogP contribution in [0.2, 0.25) is 0 Å². The van der Waals surface area contributed by atoms with Gasteiger partial charge in [-0.15, -0.1) is 0 Å². The van der Waals surface area contributed by atoms with Crippen LogP contribution >= 0.6 is 0 Å². The van der Waals surface area contributed by atoms with Crippen molar-refractivity contribution in [3.8, 4) is 11.3 Å². The van der Waals surface area contributed by atoms with E-state index in [2.05, 4.69) is 15.1 Å². The highest BCUT2D eigenvalue weighted by Crippen LogP contribution is 2.26. The van der Waals surface area contributed by atoms with Crippen LogP contribution in [0.5, 0.6) is 0 Å². The molecule has 8 nitrogen and oxygen atoms in total. The van der Waals surface area contributed by atoms with Crippen molar-refractivity contribution in [2.75, 3.05) is 18.4 Å². The molecule has 9 heteroatoms. The summed E-state index contributed by atoms with van der Waals surface area (Å²) in [6.45, 7) is 2.39. The molecule has 0 saturated heterocycles. The molecule has 0 unspecified atom stereocenters. The number of nitrogens with zero attached hydrogens (tertiary/aromatic N) is 3. The van der Waals surface area contributed by atoms with E-state index in [9.17, 15) is 8.42 Å². The van der Waals surface area contributed by atoms with Gasteiger partial charge in [-0.1, -0.05) is 30.3 Å². The number of anilines is 2. The standard InChI is InChI=1S/C21H22N6O2S/c1-15-14-23-27-20(13-19(26-21(15)27)16-5-3-2-4-6-16)25-17-7-9-18(10-8-17)30(28,29)24-12-11-22/h2-10,13-14,24-25H,11-12,22H2,1H3. The summed E-state index contributed by atoms with van der Waals surface area (Å²) in [6.07, 6.45) is 1.76. The van der Waals surface area contributed by atoms with Crippen molar-refractivity contribution >= 4 is 27.2 Å². The van der Waals surface area contributed by atoms with E-state index in [0.29, 0.717) is 0 Å². The molecule has 0 aliphatic heterocycles. The molecule has 0 radical (unpaired) electrons. The van der Waals surface area contributed by atoms with Crippen LogP contribution in [0.3, 0.4) is 0 Å². The fraction of sp³-hybridized carbons (Fsp3) is 0.143. The van der Waals surface area contributed by atoms with Crippen molar-refractivity contribution in [1.82, 2.24) is 19.3 Å². The zero-order chi connectivity index (χ0) is 21.1. The van der Waals surface area contributed by atoms with Gasteiger partial charge >= 0.3 is 0 Å². The van der Waals surface area contributed by atoms with Crippen LogP contribution in [0.4, 0.5) is 11.5 Å². The third-order valence-corrected chi connectivity index (χ3v) is 6.07. The highest BCUT2D eigenvalue weighted by molar-refractivity contribution is 7.89. The van der Waals surface area contributed by atoms with Crippen molar-refractivity contribution in [2.24, 2.45) is 5.73 Å². The third-order valence-electron chi connectivity index (χ3n) is 4.59. The Kier molecular flexibility index (Phi) is 5.49. The van der Waals surface area contributed by atoms with Crippen LogP contribution in [0.1, 0.15) is 5.56 Å². The first-order valence-corrected chi connectivity index (χ1v) is 10.9. The molecule has 4 rings (SSSR count). The number of nitrogens with one attached hydrogen (secondary N) is 2. The largest absolute Gasteiger partial charge is 0.340 e. The second-order valence-corrected chi connectivity index (χ2v) is 8.56. The Hall–Kier alpha value is -3.27. The zero-order valence-corrected chi connectivity index (χ0v) is 17.2. The van der Waals surface area contributed by atoms with E-state index in [4.69, 9.17) is 10.7 Å². The monoisotopic (exact) mass is 422 g/mol. The van der Waals surface area contributed by atoms with Crippen molar-refractivity contribution in [1.29, 1.82) is 0 Å². The molecular formula is C21H22N6O2S. The average Bonchev–Trinajstić information content (AvgIpc) is 3.14. The molecule has 4 aromatic rings. The van der Waals surface area contributed by atoms with E-state index in [-0.39, 0.29) is 18.0 Å². The molecule has 0 saturated carbocycles. The van der Waals surface area contributed by atoms with E-state index in [1.165, 1.54) is 0 Å². The lowest BCUT2D eigenvalue weighted by Gasteiger charge is -2.12. The summed E-state index contributed by atoms with van der Waals surface area (Å²) in [6, 6.07) is 18.3. The highest BCUT2D eigenvalue weighted by Gasteiger charge is 2.14. The van der Waals surface area contributed by atoms with Gasteiger partial charge in [-0.3, -0.25) is 0 Å². The van der Waals surface area contributed by atoms with Gasteiger partial charge < -0.3 is 11.1 Å². The topological polar surface area (TPSA) is 114 Å². The molecule has 0 amide bonds. The van der Waals surface area contributed by atoms with Crippen molar-refractivity contribution in [3.63, 3.8) is 0 Å². The maximum absolute atomic E-state index is 12.2. The second-order valence-electron chi connectivity index (χ2n) is 6.79. The van der Waals surface area contributed by atoms with Gasteiger partial charge in [0.15, 0.2) is 5.65 Å². The van der Waals surface area contributed by atoms with Gasteiger partial charge in [-0.05, 0) is 31.2 Å². The Bertz CT molecular complexity index is 1270. The first-order valence-electron chi connectivity index (χ1n) is 9.45. The summed E-state index contributed by atoms with van der Waals surface area (Å²) < 4.78 is 28.6. The molecule has 2 aromatic carbocycles. The van der Waals surface area contributed by atoms with Gasteiger partial charge in [0.25, 0.3) is 0 Å². The minimum absolute atomic E-state index is 0.182. The summed E-state index contributed by atoms with van der Waals surface area (Å²) in [7, 11) is -3.57. The molecule has 0 aliphatic rings. The average molecular weight is 423 g/mol. The maximum atomic E-state index is 12.2. The van der Waals surface area contributed by atoms with Crippen LogP contribution in [0.25, 0.3) is 16.9 Å². The predicted molar refractivity (Wildman–Crippen MR) is 117 cm³/mol. The van der Waals surface area contributed by atoms with Gasteiger partial charge in [-0.25, -0.2) is 18.1 Å². The predicted octanol–water partition coefficient (Wildman–Crippen LogP) is 2.69. The van der Waals surface area contributed by atoms with Crippen molar-refractivity contribution < 1.29 is 8.42 Å². The molecule has 0 fully saturated rings. The Morgan fingerprint density at radius 2 is 1.80 bits per heavy atom. The van der Waals surface area contributed by atoms with Gasteiger partial charge in [0.05, 0.1) is 16.8 Å². The van der Waals surface area contributed by atoms with Crippen LogP contribution in [-0.4, -0.2) is 36.1 Å². The van der Waals surface area contributed by atoms with Gasteiger partial charge in [-0.2, -0.15) is 9.61 Å². The van der Waals surface area contributed by atoms with Crippen molar-refractivity contribution in [3.05, 3.63) is 72.4 Å². The number of nitrogens with two attached hydrogens (primary N) is 1. The smallest absolute Gasteiger partial charge is 0.240 e. The van der Waals surface area contributed by atoms with E-state index in [1.54, 1.807) is 35.0 Å². The number of benzene rings is 2. The maximum Gasteiger partial charge on any atom is 0.240 e. The van der Waals surface area contributed by atoms with Crippen LogP contribution in [-0.2, 0) is 10.0 Å². The molecular weight excluding hydrogens is 400 g/mol. The number of aryl methyl sites for hydroxylation is 1. The van der Waals surface area contributed by atoms with Gasteiger partial charge in [0.1, 0.15) is 5.82 Å². The quantitative estimate of drug-likeness (QED) is 0.422. The summed E-state index contributed by atoms with van der Waals surface area (Å²) in [5.41, 5.74) is 9.63. The number of sulfonamides is 1. The zero-order valence-electron chi connectivity index (χ0n) is 16.4. The molecule has 0 aliphatic carbocycles. The van der Waals surface area contributed by atoms with E-state index in [0.717, 1.165) is 34.0 Å². The summed E-state index contributed by atoms with van der Waals surface area (Å²) in [4.78, 5) is 4.93. The lowest BCUT2D eigenvalue weighted by Crippen LogP contribution is -2.29. The second kappa shape index (κ2) is 8.23. The SMILES string of the molecule is Cc1cnn2c(Nc3ccc(S(=O)(=O)NCCN)cc3)cc(-c3ccccc3)nc12. The minimum atomic E-state index is -3.57. The van der Waals surface area contributed by atoms with Gasteiger partial charge in [0, 0.05) is 36.0 Å². The molecule has 4 N–H and O–H groups in total. The fourth-order valence-electron chi connectivity index (χ4n) is 3.06. The number of hydrogen-bond acceptors (Lipinski definition) is 6. The molecule has 30 heavy (non-hydrogen) atoms. The lowest BCUT2D eigenvalue weighted by molar-refractivity contribution is 0.582. The Morgan fingerprint density at radius 1 is 1.07 bits per heavy atom. The van der Waals surface area contributed by atoms with Crippen molar-refractivity contribution in [2.45, 2.75) is 11.8 Å². The molecule has 0 bridgehead atoms. The molecule has 2 aromatic heterocycles. The first kappa shape index (κ1) is 20.0. The molecule has 0 atom stereocenters.